The Morgan fingerprint density at radius 1 is 1.27 bits per heavy atom. The van der Waals surface area contributed by atoms with E-state index >= 15 is 0 Å². The number of benzene rings is 1. The molecule has 10 nitrogen and oxygen atoms in total. The van der Waals surface area contributed by atoms with E-state index in [0.717, 1.165) is 15.4 Å². The Balaban J connectivity index is 2.17. The van der Waals surface area contributed by atoms with Gasteiger partial charge in [0.15, 0.2) is 6.10 Å². The number of aryl methyl sites for hydroxylation is 2. The Bertz CT molecular complexity index is 932. The fourth-order valence-electron chi connectivity index (χ4n) is 3.00. The summed E-state index contributed by atoms with van der Waals surface area (Å²) in [6.07, 6.45) is -2.54. The second-order valence-electron chi connectivity index (χ2n) is 7.15. The minimum absolute atomic E-state index is 0.000437. The quantitative estimate of drug-likeness (QED) is 0.536. The van der Waals surface area contributed by atoms with E-state index in [0.29, 0.717) is 6.54 Å². The summed E-state index contributed by atoms with van der Waals surface area (Å²) in [5, 5.41) is 14.4. The van der Waals surface area contributed by atoms with Crippen molar-refractivity contribution in [1.82, 2.24) is 14.9 Å². The van der Waals surface area contributed by atoms with E-state index in [1.807, 2.05) is 12.2 Å². The van der Waals surface area contributed by atoms with E-state index < -0.39 is 46.2 Å². The Morgan fingerprint density at radius 3 is 2.53 bits per heavy atom. The SMILES string of the molecule is CCNC(=O)NC(=O)C(C)OC(=O)[C@@H]1CC(O)CN1S(=O)(=O)c1ccc(C)c(C)c1. The van der Waals surface area contributed by atoms with Crippen LogP contribution in [-0.2, 0) is 24.3 Å². The molecule has 2 rings (SSSR count). The lowest BCUT2D eigenvalue weighted by molar-refractivity contribution is -0.157. The number of nitrogens with zero attached hydrogens (tertiary/aromatic N) is 1. The van der Waals surface area contributed by atoms with Gasteiger partial charge in [-0.1, -0.05) is 6.07 Å². The Kier molecular flexibility index (Phi) is 7.56. The summed E-state index contributed by atoms with van der Waals surface area (Å²) in [7, 11) is -4.08. The molecule has 0 bridgehead atoms. The molecule has 11 heteroatoms. The number of aliphatic hydroxyl groups is 1. The van der Waals surface area contributed by atoms with E-state index in [1.54, 1.807) is 19.9 Å². The molecule has 3 N–H and O–H groups in total. The molecule has 0 saturated carbocycles. The number of carbonyl (C=O) groups excluding carboxylic acids is 3. The number of urea groups is 1. The number of aliphatic hydroxyl groups excluding tert-OH is 1. The smallest absolute Gasteiger partial charge is 0.325 e. The lowest BCUT2D eigenvalue weighted by Gasteiger charge is -2.24. The van der Waals surface area contributed by atoms with Gasteiger partial charge < -0.3 is 15.2 Å². The number of imide groups is 1. The van der Waals surface area contributed by atoms with Crippen molar-refractivity contribution in [2.75, 3.05) is 13.1 Å². The highest BCUT2D eigenvalue weighted by atomic mass is 32.2. The van der Waals surface area contributed by atoms with E-state index in [-0.39, 0.29) is 17.9 Å². The molecule has 1 aromatic carbocycles. The van der Waals surface area contributed by atoms with Gasteiger partial charge in [0.05, 0.1) is 11.0 Å². The first kappa shape index (κ1) is 23.8. The fraction of sp³-hybridized carbons (Fsp3) is 0.526. The van der Waals surface area contributed by atoms with Crippen LogP contribution in [0.15, 0.2) is 23.1 Å². The van der Waals surface area contributed by atoms with Crippen LogP contribution in [0.1, 0.15) is 31.4 Å². The van der Waals surface area contributed by atoms with Crippen molar-refractivity contribution < 1.29 is 32.6 Å². The first-order valence-electron chi connectivity index (χ1n) is 9.53. The Labute approximate surface area is 175 Å². The molecule has 1 aliphatic rings. The topological polar surface area (TPSA) is 142 Å². The molecule has 0 aliphatic carbocycles. The molecule has 0 radical (unpaired) electrons. The van der Waals surface area contributed by atoms with Gasteiger partial charge in [0, 0.05) is 19.5 Å². The summed E-state index contributed by atoms with van der Waals surface area (Å²) in [4.78, 5) is 36.0. The summed E-state index contributed by atoms with van der Waals surface area (Å²) in [5.41, 5.74) is 1.68. The maximum Gasteiger partial charge on any atom is 0.325 e. The number of nitrogens with one attached hydrogen (secondary N) is 2. The molecule has 166 valence electrons. The van der Waals surface area contributed by atoms with Gasteiger partial charge in [0.25, 0.3) is 5.91 Å². The molecule has 1 heterocycles. The predicted molar refractivity (Wildman–Crippen MR) is 107 cm³/mol. The fourth-order valence-corrected chi connectivity index (χ4v) is 4.71. The highest BCUT2D eigenvalue weighted by Crippen LogP contribution is 2.28. The molecular weight excluding hydrogens is 414 g/mol. The Morgan fingerprint density at radius 2 is 1.93 bits per heavy atom. The van der Waals surface area contributed by atoms with Crippen molar-refractivity contribution >= 4 is 27.9 Å². The van der Waals surface area contributed by atoms with Crippen molar-refractivity contribution in [3.05, 3.63) is 29.3 Å². The lowest BCUT2D eigenvalue weighted by atomic mass is 10.1. The van der Waals surface area contributed by atoms with Crippen LogP contribution in [0.25, 0.3) is 0 Å². The molecule has 1 saturated heterocycles. The summed E-state index contributed by atoms with van der Waals surface area (Å²) in [6.45, 7) is 6.59. The lowest BCUT2D eigenvalue weighted by Crippen LogP contribution is -2.47. The van der Waals surface area contributed by atoms with Crippen LogP contribution in [0.2, 0.25) is 0 Å². The number of ether oxygens (including phenoxy) is 1. The third kappa shape index (κ3) is 5.35. The zero-order valence-electron chi connectivity index (χ0n) is 17.3. The molecule has 0 spiro atoms. The van der Waals surface area contributed by atoms with E-state index in [9.17, 15) is 27.9 Å². The van der Waals surface area contributed by atoms with Crippen LogP contribution in [0.3, 0.4) is 0 Å². The zero-order chi connectivity index (χ0) is 22.6. The summed E-state index contributed by atoms with van der Waals surface area (Å²) in [5.74, 6) is -1.83. The maximum absolute atomic E-state index is 13.1. The first-order chi connectivity index (χ1) is 14.0. The number of rotatable bonds is 6. The van der Waals surface area contributed by atoms with Crippen LogP contribution >= 0.6 is 0 Å². The number of hydrogen-bond donors (Lipinski definition) is 3. The number of hydrogen-bond acceptors (Lipinski definition) is 7. The van der Waals surface area contributed by atoms with Gasteiger partial charge in [-0.3, -0.25) is 14.9 Å². The van der Waals surface area contributed by atoms with Crippen LogP contribution in [0.4, 0.5) is 4.79 Å². The average Bonchev–Trinajstić information content (AvgIpc) is 3.06. The van der Waals surface area contributed by atoms with Crippen molar-refractivity contribution in [1.29, 1.82) is 0 Å². The van der Waals surface area contributed by atoms with Gasteiger partial charge in [-0.2, -0.15) is 4.31 Å². The van der Waals surface area contributed by atoms with Gasteiger partial charge in [-0.25, -0.2) is 13.2 Å². The van der Waals surface area contributed by atoms with Crippen molar-refractivity contribution in [2.24, 2.45) is 0 Å². The van der Waals surface area contributed by atoms with Crippen molar-refractivity contribution in [3.63, 3.8) is 0 Å². The van der Waals surface area contributed by atoms with Crippen LogP contribution in [0, 0.1) is 13.8 Å². The highest BCUT2D eigenvalue weighted by Gasteiger charge is 2.45. The molecule has 3 amide bonds. The van der Waals surface area contributed by atoms with Gasteiger partial charge in [-0.15, -0.1) is 0 Å². The zero-order valence-corrected chi connectivity index (χ0v) is 18.2. The summed E-state index contributed by atoms with van der Waals surface area (Å²) in [6, 6.07) is 2.58. The van der Waals surface area contributed by atoms with Crippen LogP contribution in [-0.4, -0.2) is 67.1 Å². The standard InChI is InChI=1S/C19H27N3O7S/c1-5-20-19(26)21-17(24)13(4)29-18(25)16-9-14(23)10-22(16)30(27,28)15-7-6-11(2)12(3)8-15/h6-8,13-14,16,23H,5,9-10H2,1-4H3,(H2,20,21,24,26)/t13?,14?,16-/m0/s1. The first-order valence-corrected chi connectivity index (χ1v) is 11.0. The number of β-amino-alcohol motifs (C(OH)–C–C–N with tert-alkyl or cyclic N) is 1. The molecule has 1 aromatic rings. The highest BCUT2D eigenvalue weighted by molar-refractivity contribution is 7.89. The molecule has 1 fully saturated rings. The number of sulfonamides is 1. The largest absolute Gasteiger partial charge is 0.451 e. The second-order valence-corrected chi connectivity index (χ2v) is 9.04. The Hall–Kier alpha value is -2.50. The third-order valence-electron chi connectivity index (χ3n) is 4.83. The number of esters is 1. The normalized spacial score (nSPS) is 20.4. The van der Waals surface area contributed by atoms with Crippen LogP contribution in [0.5, 0.6) is 0 Å². The monoisotopic (exact) mass is 441 g/mol. The minimum Gasteiger partial charge on any atom is -0.451 e. The van der Waals surface area contributed by atoms with Gasteiger partial charge in [-0.05, 0) is 51.0 Å². The van der Waals surface area contributed by atoms with Gasteiger partial charge in [0.1, 0.15) is 6.04 Å². The molecule has 2 unspecified atom stereocenters. The average molecular weight is 442 g/mol. The molecule has 0 aromatic heterocycles. The number of amides is 3. The summed E-state index contributed by atoms with van der Waals surface area (Å²) < 4.78 is 32.1. The molecular formula is C19H27N3O7S. The number of carbonyl (C=O) groups is 3. The molecule has 1 aliphatic heterocycles. The minimum atomic E-state index is -4.08. The molecule has 3 atom stereocenters. The maximum atomic E-state index is 13.1. The van der Waals surface area contributed by atoms with E-state index in [4.69, 9.17) is 4.74 Å². The second kappa shape index (κ2) is 9.54. The van der Waals surface area contributed by atoms with Crippen molar-refractivity contribution in [3.8, 4) is 0 Å². The predicted octanol–water partition coefficient (Wildman–Crippen LogP) is 0.205. The van der Waals surface area contributed by atoms with Crippen molar-refractivity contribution in [2.45, 2.75) is 57.3 Å². The summed E-state index contributed by atoms with van der Waals surface area (Å²) >= 11 is 0. The van der Waals surface area contributed by atoms with Crippen LogP contribution < -0.4 is 10.6 Å². The molecule has 30 heavy (non-hydrogen) atoms. The third-order valence-corrected chi connectivity index (χ3v) is 6.70. The van der Waals surface area contributed by atoms with Gasteiger partial charge >= 0.3 is 12.0 Å². The van der Waals surface area contributed by atoms with E-state index in [1.165, 1.54) is 19.1 Å². The van der Waals surface area contributed by atoms with Gasteiger partial charge in [0.2, 0.25) is 10.0 Å². The van der Waals surface area contributed by atoms with E-state index in [2.05, 4.69) is 5.32 Å².